The monoisotopic (exact) mass is 365 g/mol. The zero-order valence-corrected chi connectivity index (χ0v) is 13.3. The van der Waals surface area contributed by atoms with Gasteiger partial charge in [0.2, 0.25) is 5.91 Å². The fraction of sp³-hybridized carbons (Fsp3) is 0.0625. The van der Waals surface area contributed by atoms with Crippen LogP contribution in [-0.2, 0) is 4.79 Å². The van der Waals surface area contributed by atoms with Gasteiger partial charge in [-0.3, -0.25) is 4.79 Å². The van der Waals surface area contributed by atoms with Crippen LogP contribution in [0.3, 0.4) is 0 Å². The van der Waals surface area contributed by atoms with Crippen LogP contribution >= 0.6 is 11.8 Å². The zero-order valence-electron chi connectivity index (χ0n) is 12.5. The van der Waals surface area contributed by atoms with Crippen molar-refractivity contribution in [3.8, 4) is 11.5 Å². The maximum Gasteiger partial charge on any atom is 0.277 e. The summed E-state index contributed by atoms with van der Waals surface area (Å²) in [5.41, 5.74) is 0.0178. The van der Waals surface area contributed by atoms with Gasteiger partial charge in [0.15, 0.2) is 0 Å². The molecule has 9 heteroatoms. The Labute approximate surface area is 144 Å². The van der Waals surface area contributed by atoms with Gasteiger partial charge < -0.3 is 9.73 Å². The Morgan fingerprint density at radius 1 is 1.08 bits per heavy atom. The van der Waals surface area contributed by atoms with E-state index in [1.165, 1.54) is 18.2 Å². The van der Waals surface area contributed by atoms with E-state index in [-0.39, 0.29) is 28.1 Å². The maximum absolute atomic E-state index is 13.6. The summed E-state index contributed by atoms with van der Waals surface area (Å²) >= 11 is 0.907. The topological polar surface area (TPSA) is 68.0 Å². The minimum absolute atomic E-state index is 0.00872. The van der Waals surface area contributed by atoms with Crippen molar-refractivity contribution in [2.45, 2.75) is 5.22 Å². The maximum atomic E-state index is 13.6. The highest BCUT2D eigenvalue weighted by molar-refractivity contribution is 7.99. The second-order valence-electron chi connectivity index (χ2n) is 4.81. The van der Waals surface area contributed by atoms with Crippen molar-refractivity contribution in [1.82, 2.24) is 10.2 Å². The number of rotatable bonds is 5. The molecule has 0 spiro atoms. The summed E-state index contributed by atoms with van der Waals surface area (Å²) in [7, 11) is 0. The first-order chi connectivity index (χ1) is 12.0. The van der Waals surface area contributed by atoms with Crippen LogP contribution in [0.5, 0.6) is 0 Å². The molecular weight excluding hydrogens is 355 g/mol. The van der Waals surface area contributed by atoms with E-state index in [1.807, 2.05) is 0 Å². The van der Waals surface area contributed by atoms with Gasteiger partial charge in [0.1, 0.15) is 17.5 Å². The highest BCUT2D eigenvalue weighted by Crippen LogP contribution is 2.25. The number of carbonyl (C=O) groups excluding carboxylic acids is 1. The summed E-state index contributed by atoms with van der Waals surface area (Å²) in [4.78, 5) is 11.8. The van der Waals surface area contributed by atoms with E-state index in [9.17, 15) is 18.0 Å². The van der Waals surface area contributed by atoms with Gasteiger partial charge >= 0.3 is 0 Å². The van der Waals surface area contributed by atoms with E-state index >= 15 is 0 Å². The van der Waals surface area contributed by atoms with Crippen molar-refractivity contribution < 1.29 is 22.4 Å². The Morgan fingerprint density at radius 3 is 2.64 bits per heavy atom. The number of carbonyl (C=O) groups is 1. The van der Waals surface area contributed by atoms with Crippen LogP contribution < -0.4 is 5.32 Å². The van der Waals surface area contributed by atoms with Crippen molar-refractivity contribution in [3.05, 3.63) is 59.9 Å². The van der Waals surface area contributed by atoms with Crippen LogP contribution in [0, 0.1) is 17.5 Å². The van der Waals surface area contributed by atoms with Crippen LogP contribution in [0.2, 0.25) is 0 Å². The van der Waals surface area contributed by atoms with E-state index in [0.29, 0.717) is 6.07 Å². The molecule has 0 fully saturated rings. The van der Waals surface area contributed by atoms with Gasteiger partial charge in [0.05, 0.1) is 17.0 Å². The molecular formula is C16H10F3N3O2S. The Kier molecular flexibility index (Phi) is 5.03. The number of halogens is 3. The van der Waals surface area contributed by atoms with Crippen LogP contribution in [0.25, 0.3) is 11.5 Å². The highest BCUT2D eigenvalue weighted by atomic mass is 32.2. The molecule has 128 valence electrons. The molecule has 0 radical (unpaired) electrons. The third-order valence-corrected chi connectivity index (χ3v) is 3.86. The van der Waals surface area contributed by atoms with E-state index in [2.05, 4.69) is 15.5 Å². The second-order valence-corrected chi connectivity index (χ2v) is 5.74. The molecule has 0 bridgehead atoms. The zero-order chi connectivity index (χ0) is 17.8. The number of anilines is 1. The van der Waals surface area contributed by atoms with Crippen molar-refractivity contribution >= 4 is 23.4 Å². The number of hydrogen-bond acceptors (Lipinski definition) is 5. The first kappa shape index (κ1) is 17.0. The predicted molar refractivity (Wildman–Crippen MR) is 85.4 cm³/mol. The lowest BCUT2D eigenvalue weighted by molar-refractivity contribution is -0.113. The summed E-state index contributed by atoms with van der Waals surface area (Å²) in [6, 6.07) is 8.73. The van der Waals surface area contributed by atoms with E-state index < -0.39 is 23.4 Å². The number of aromatic nitrogens is 2. The SMILES string of the molecule is O=C(CSc1nnc(-c2ccccc2F)o1)Nc1ccc(F)cc1F. The van der Waals surface area contributed by atoms with Crippen molar-refractivity contribution in [2.24, 2.45) is 0 Å². The number of hydrogen-bond donors (Lipinski definition) is 1. The van der Waals surface area contributed by atoms with Crippen LogP contribution in [0.4, 0.5) is 18.9 Å². The molecule has 5 nitrogen and oxygen atoms in total. The van der Waals surface area contributed by atoms with Gasteiger partial charge in [-0.15, -0.1) is 10.2 Å². The molecule has 0 aliphatic rings. The minimum Gasteiger partial charge on any atom is -0.411 e. The third kappa shape index (κ3) is 4.18. The number of amides is 1. The van der Waals surface area contributed by atoms with Crippen LogP contribution in [0.15, 0.2) is 52.1 Å². The molecule has 0 unspecified atom stereocenters. The number of thioether (sulfide) groups is 1. The smallest absolute Gasteiger partial charge is 0.277 e. The lowest BCUT2D eigenvalue weighted by Crippen LogP contribution is -2.15. The standard InChI is InChI=1S/C16H10F3N3O2S/c17-9-5-6-13(12(19)7-9)20-14(23)8-25-16-22-21-15(24-16)10-3-1-2-4-11(10)18/h1-7H,8H2,(H,20,23). The van der Waals surface area contributed by atoms with E-state index in [1.54, 1.807) is 6.07 Å². The number of nitrogens with zero attached hydrogens (tertiary/aromatic N) is 2. The summed E-state index contributed by atoms with van der Waals surface area (Å²) in [5, 5.41) is 9.81. The molecule has 0 aliphatic carbocycles. The summed E-state index contributed by atoms with van der Waals surface area (Å²) in [6.07, 6.45) is 0. The predicted octanol–water partition coefficient (Wildman–Crippen LogP) is 3.88. The Bertz CT molecular complexity index is 917. The molecule has 0 saturated carbocycles. The second kappa shape index (κ2) is 7.39. The van der Waals surface area contributed by atoms with Crippen LogP contribution in [0.1, 0.15) is 0 Å². The van der Waals surface area contributed by atoms with Gasteiger partial charge in [0.25, 0.3) is 11.1 Å². The normalized spacial score (nSPS) is 10.7. The van der Waals surface area contributed by atoms with Gasteiger partial charge in [-0.2, -0.15) is 0 Å². The van der Waals surface area contributed by atoms with Gasteiger partial charge in [-0.25, -0.2) is 13.2 Å². The Morgan fingerprint density at radius 2 is 1.88 bits per heavy atom. The molecule has 0 atom stereocenters. The van der Waals surface area contributed by atoms with Crippen molar-refractivity contribution in [2.75, 3.05) is 11.1 Å². The number of nitrogens with one attached hydrogen (secondary N) is 1. The molecule has 25 heavy (non-hydrogen) atoms. The fourth-order valence-electron chi connectivity index (χ4n) is 1.92. The molecule has 2 aromatic carbocycles. The molecule has 3 rings (SSSR count). The highest BCUT2D eigenvalue weighted by Gasteiger charge is 2.14. The summed E-state index contributed by atoms with van der Waals surface area (Å²) in [6.45, 7) is 0. The van der Waals surface area contributed by atoms with Crippen molar-refractivity contribution in [3.63, 3.8) is 0 Å². The van der Waals surface area contributed by atoms with Gasteiger partial charge in [0, 0.05) is 6.07 Å². The van der Waals surface area contributed by atoms with Crippen molar-refractivity contribution in [1.29, 1.82) is 0 Å². The average Bonchev–Trinajstić information content (AvgIpc) is 3.05. The van der Waals surface area contributed by atoms with Gasteiger partial charge in [-0.1, -0.05) is 23.9 Å². The lowest BCUT2D eigenvalue weighted by Gasteiger charge is -2.05. The molecule has 0 aliphatic heterocycles. The Balaban J connectivity index is 1.60. The minimum atomic E-state index is -0.877. The van der Waals surface area contributed by atoms with Gasteiger partial charge in [-0.05, 0) is 24.3 Å². The molecule has 0 saturated heterocycles. The molecule has 1 aromatic heterocycles. The molecule has 1 amide bonds. The average molecular weight is 365 g/mol. The van der Waals surface area contributed by atoms with E-state index in [4.69, 9.17) is 4.42 Å². The summed E-state index contributed by atoms with van der Waals surface area (Å²) in [5.74, 6) is -2.82. The first-order valence-electron chi connectivity index (χ1n) is 6.99. The largest absolute Gasteiger partial charge is 0.411 e. The van der Waals surface area contributed by atoms with E-state index in [0.717, 1.165) is 23.9 Å². The fourth-order valence-corrected chi connectivity index (χ4v) is 2.48. The number of benzene rings is 2. The summed E-state index contributed by atoms with van der Waals surface area (Å²) < 4.78 is 45.2. The first-order valence-corrected chi connectivity index (χ1v) is 7.97. The molecule has 1 N–H and O–H groups in total. The van der Waals surface area contributed by atoms with Crippen LogP contribution in [-0.4, -0.2) is 21.9 Å². The lowest BCUT2D eigenvalue weighted by atomic mass is 10.2. The molecule has 3 aromatic rings. The molecule has 1 heterocycles. The quantitative estimate of drug-likeness (QED) is 0.695. The third-order valence-electron chi connectivity index (χ3n) is 3.04. The Hall–Kier alpha value is -2.81.